The Hall–Kier alpha value is -6.32. The Morgan fingerprint density at radius 2 is 0.561 bits per heavy atom. The van der Waals surface area contributed by atoms with Crippen LogP contribution < -0.4 is 11.5 Å². The van der Waals surface area contributed by atoms with E-state index in [-0.39, 0.29) is 0 Å². The molecule has 3 aromatic heterocycles. The summed E-state index contributed by atoms with van der Waals surface area (Å²) in [5, 5.41) is 0.613. The van der Waals surface area contributed by atoms with Gasteiger partial charge in [0.2, 0.25) is 0 Å². The van der Waals surface area contributed by atoms with E-state index in [0.717, 1.165) is 33.1 Å². The van der Waals surface area contributed by atoms with Gasteiger partial charge in [0, 0.05) is 24.2 Å². The van der Waals surface area contributed by atoms with Crippen molar-refractivity contribution in [3.05, 3.63) is 96.0 Å². The Bertz CT molecular complexity index is 2400. The van der Waals surface area contributed by atoms with Gasteiger partial charge in [0.15, 0.2) is 0 Å². The number of nitrogens with two attached hydrogens (primary N) is 2. The van der Waals surface area contributed by atoms with Crippen molar-refractivity contribution >= 4 is 159 Å². The first kappa shape index (κ1) is 43.4. The van der Waals surface area contributed by atoms with E-state index in [0.29, 0.717) is 49.5 Å². The molecule has 57 heavy (non-hydrogen) atoms. The molecule has 0 bridgehead atoms. The van der Waals surface area contributed by atoms with E-state index in [1.165, 1.54) is 19.1 Å². The molecular formula is C39H28Cl4N8O6. The summed E-state index contributed by atoms with van der Waals surface area (Å²) in [7, 11) is 0. The maximum absolute atomic E-state index is 10.4. The van der Waals surface area contributed by atoms with Gasteiger partial charge in [-0.05, 0) is 54.6 Å². The van der Waals surface area contributed by atoms with E-state index in [1.807, 2.05) is 72.8 Å². The first-order valence-corrected chi connectivity index (χ1v) is 18.7. The fraction of sp³-hybridized carbons (Fsp3) is 0.0769. The molecule has 1 aliphatic rings. The van der Waals surface area contributed by atoms with Crippen LogP contribution in [-0.4, -0.2) is 83.8 Å². The van der Waals surface area contributed by atoms with Crippen molar-refractivity contribution in [2.45, 2.75) is 0 Å². The lowest BCUT2D eigenvalue weighted by Gasteiger charge is -2.10. The topological polar surface area (TPSA) is 232 Å². The highest BCUT2D eigenvalue weighted by atomic mass is 35.5. The fourth-order valence-electron chi connectivity index (χ4n) is 5.16. The number of anilines is 2. The fourth-order valence-corrected chi connectivity index (χ4v) is 5.34. The number of halogens is 4. The van der Waals surface area contributed by atoms with Crippen LogP contribution >= 0.6 is 46.4 Å². The van der Waals surface area contributed by atoms with E-state index >= 15 is 0 Å². The number of ketones is 6. The number of aromatic nitrogens is 6. The summed E-state index contributed by atoms with van der Waals surface area (Å²) < 4.78 is 0. The Balaban J connectivity index is 0.000000221. The van der Waals surface area contributed by atoms with Gasteiger partial charge < -0.3 is 11.5 Å². The van der Waals surface area contributed by atoms with Crippen LogP contribution in [0.4, 0.5) is 11.4 Å². The number of fused-ring (bicyclic) bond motifs is 9. The molecule has 3 heterocycles. The number of carbonyl (C=O) groups is 6. The maximum Gasteiger partial charge on any atom is 0.281 e. The van der Waals surface area contributed by atoms with Crippen LogP contribution in [0.25, 0.3) is 66.2 Å². The third-order valence-electron chi connectivity index (χ3n) is 7.67. The largest absolute Gasteiger partial charge is 0.397 e. The van der Waals surface area contributed by atoms with Crippen LogP contribution in [0.15, 0.2) is 91.0 Å². The van der Waals surface area contributed by atoms with Crippen LogP contribution in [0.3, 0.4) is 0 Å². The molecule has 14 nitrogen and oxygen atoms in total. The third-order valence-corrected chi connectivity index (χ3v) is 7.91. The molecule has 8 aromatic rings. The van der Waals surface area contributed by atoms with E-state index in [9.17, 15) is 28.8 Å². The number of hydrogen-bond acceptors (Lipinski definition) is 14. The van der Waals surface area contributed by atoms with E-state index in [1.54, 1.807) is 18.2 Å². The maximum atomic E-state index is 10.4. The highest BCUT2D eigenvalue weighted by Crippen LogP contribution is 2.32. The highest BCUT2D eigenvalue weighted by Gasteiger charge is 2.47. The first-order valence-electron chi connectivity index (χ1n) is 16.0. The van der Waals surface area contributed by atoms with Gasteiger partial charge in [0.05, 0.1) is 44.5 Å². The van der Waals surface area contributed by atoms with E-state index in [4.69, 9.17) is 53.0 Å². The number of nitrogen functional groups attached to an aromatic ring is 2. The smallest absolute Gasteiger partial charge is 0.281 e. The minimum atomic E-state index is -1.73. The Morgan fingerprint density at radius 1 is 0.351 bits per heavy atom. The molecule has 4 N–H and O–H groups in total. The summed E-state index contributed by atoms with van der Waals surface area (Å²) in [6.45, 7) is 0. The van der Waals surface area contributed by atoms with Gasteiger partial charge in [-0.1, -0.05) is 48.0 Å². The Labute approximate surface area is 342 Å². The molecule has 288 valence electrons. The van der Waals surface area contributed by atoms with Gasteiger partial charge in [0.25, 0.3) is 34.7 Å². The van der Waals surface area contributed by atoms with E-state index in [2.05, 4.69) is 34.8 Å². The van der Waals surface area contributed by atoms with Crippen molar-refractivity contribution in [1.29, 1.82) is 0 Å². The van der Waals surface area contributed by atoms with Crippen molar-refractivity contribution in [3.8, 4) is 0 Å². The second kappa shape index (κ2) is 19.5. The molecule has 0 radical (unpaired) electrons. The second-order valence-electron chi connectivity index (χ2n) is 11.0. The molecule has 1 saturated carbocycles. The van der Waals surface area contributed by atoms with Gasteiger partial charge in [-0.25, -0.2) is 29.9 Å². The summed E-state index contributed by atoms with van der Waals surface area (Å²) in [5.74, 6) is -10.4. The van der Waals surface area contributed by atoms with Gasteiger partial charge in [-0.3, -0.25) is 28.8 Å². The number of carbonyl (C=O) groups excluding carboxylic acids is 6. The number of para-hydroxylation sites is 6. The first-order chi connectivity index (χ1) is 27.5. The molecule has 0 amide bonds. The number of nitrogens with zero attached hydrogens (tertiary/aromatic N) is 6. The van der Waals surface area contributed by atoms with Crippen LogP contribution in [0, 0.1) is 0 Å². The molecular weight excluding hydrogens is 818 g/mol. The Kier molecular flexibility index (Phi) is 14.9. The standard InChI is InChI=1S/C24H12N6.C6H7ClN2.C6O6.3CH3Cl/c1-2-8-14-13(7-1)25-19-20(26-14)22-24(30-18-12-6-5-11-17(18)28-22)23-21(19)27-15-9-3-4-10-16(15)29-23;7-4-1-2-5(8)6(9)3-4;7-1-2(8)4(10)6(12)5(11)3(1)9;3*1-2/h1-12H;1-3H,8-9H2;;3*1H3. The van der Waals surface area contributed by atoms with Crippen LogP contribution in [0.2, 0.25) is 5.02 Å². The molecule has 0 spiro atoms. The van der Waals surface area contributed by atoms with Gasteiger partial charge >= 0.3 is 0 Å². The molecule has 5 aromatic carbocycles. The predicted molar refractivity (Wildman–Crippen MR) is 224 cm³/mol. The molecule has 9 rings (SSSR count). The predicted octanol–water partition coefficient (Wildman–Crippen LogP) is 6.46. The summed E-state index contributed by atoms with van der Waals surface area (Å²) in [4.78, 5) is 91.9. The summed E-state index contributed by atoms with van der Waals surface area (Å²) in [5.41, 5.74) is 21.0. The van der Waals surface area contributed by atoms with Crippen molar-refractivity contribution in [3.63, 3.8) is 0 Å². The highest BCUT2D eigenvalue weighted by molar-refractivity contribution is 7.08. The van der Waals surface area contributed by atoms with Crippen molar-refractivity contribution in [2.24, 2.45) is 0 Å². The quantitative estimate of drug-likeness (QED) is 0.0549. The second-order valence-corrected chi connectivity index (χ2v) is 11.4. The monoisotopic (exact) mass is 844 g/mol. The molecule has 0 atom stereocenters. The number of alkyl halides is 3. The number of Topliss-reactive ketones (excluding diaryl/α,β-unsaturated/α-hetero) is 6. The average molecular weight is 847 g/mol. The van der Waals surface area contributed by atoms with E-state index < -0.39 is 34.7 Å². The Morgan fingerprint density at radius 3 is 0.737 bits per heavy atom. The summed E-state index contributed by atoms with van der Waals surface area (Å²) >= 11 is 19.5. The zero-order chi connectivity index (χ0) is 42.0. The van der Waals surface area contributed by atoms with Crippen molar-refractivity contribution < 1.29 is 28.8 Å². The third kappa shape index (κ3) is 9.06. The van der Waals surface area contributed by atoms with Gasteiger partial charge in [-0.2, -0.15) is 0 Å². The lowest BCUT2D eigenvalue weighted by Crippen LogP contribution is -2.49. The molecule has 0 unspecified atom stereocenters. The van der Waals surface area contributed by atoms with Gasteiger partial charge in [0.1, 0.15) is 33.1 Å². The average Bonchev–Trinajstić information content (AvgIpc) is 3.26. The lowest BCUT2D eigenvalue weighted by molar-refractivity contribution is -0.158. The molecule has 0 aliphatic heterocycles. The minimum Gasteiger partial charge on any atom is -0.397 e. The molecule has 18 heteroatoms. The number of benzene rings is 5. The van der Waals surface area contributed by atoms with Crippen molar-refractivity contribution in [2.75, 3.05) is 30.6 Å². The van der Waals surface area contributed by atoms with Crippen LogP contribution in [0.1, 0.15) is 0 Å². The zero-order valence-corrected chi connectivity index (χ0v) is 33.0. The normalized spacial score (nSPS) is 12.1. The van der Waals surface area contributed by atoms with Gasteiger partial charge in [-0.15, -0.1) is 34.8 Å². The van der Waals surface area contributed by atoms with Crippen LogP contribution in [-0.2, 0) is 28.8 Å². The summed E-state index contributed by atoms with van der Waals surface area (Å²) in [6, 6.07) is 28.5. The molecule has 1 fully saturated rings. The lowest BCUT2D eigenvalue weighted by atomic mass is 9.93. The number of rotatable bonds is 0. The van der Waals surface area contributed by atoms with Crippen LogP contribution in [0.5, 0.6) is 0 Å². The SMILES string of the molecule is CCl.CCl.CCl.Nc1ccc(Cl)cc1N.O=C1C(=O)C(=O)C(=O)C(=O)C1=O.c1ccc2nc3c(nc2c1)c1nc2ccccc2nc1c1nc2ccccc2nc31. The molecule has 0 saturated heterocycles. The minimum absolute atomic E-state index is 0.530. The molecule has 1 aliphatic carbocycles. The number of hydrogen-bond donors (Lipinski definition) is 2. The van der Waals surface area contributed by atoms with Crippen molar-refractivity contribution in [1.82, 2.24) is 29.9 Å². The summed E-state index contributed by atoms with van der Waals surface area (Å²) in [6.07, 6.45) is 4.42. The zero-order valence-electron chi connectivity index (χ0n) is 30.0.